The molecule has 0 spiro atoms. The van der Waals surface area contributed by atoms with Gasteiger partial charge in [0.25, 0.3) is 0 Å². The summed E-state index contributed by atoms with van der Waals surface area (Å²) in [5.41, 5.74) is 2.06. The normalized spacial score (nSPS) is 13.0. The Morgan fingerprint density at radius 1 is 1.08 bits per heavy atom. The van der Waals surface area contributed by atoms with Crippen molar-refractivity contribution >= 4 is 16.0 Å². The molecule has 0 aliphatic rings. The lowest BCUT2D eigenvalue weighted by Gasteiger charge is -2.14. The summed E-state index contributed by atoms with van der Waals surface area (Å²) in [5.74, 6) is -1.19. The van der Waals surface area contributed by atoms with Gasteiger partial charge in [-0.2, -0.15) is 0 Å². The zero-order chi connectivity index (χ0) is 19.5. The molecule has 0 aromatic heterocycles. The number of hydrogen-bond donors (Lipinski definition) is 2. The van der Waals surface area contributed by atoms with Crippen molar-refractivity contribution in [2.75, 3.05) is 7.11 Å². The van der Waals surface area contributed by atoms with Crippen molar-refractivity contribution in [2.24, 2.45) is 0 Å². The quantitative estimate of drug-likeness (QED) is 0.771. The molecule has 0 aliphatic carbocycles. The van der Waals surface area contributed by atoms with Crippen LogP contribution in [0.2, 0.25) is 0 Å². The van der Waals surface area contributed by atoms with Gasteiger partial charge in [-0.15, -0.1) is 0 Å². The second kappa shape index (κ2) is 7.99. The Hall–Kier alpha value is -2.22. The Bertz CT molecular complexity index is 906. The van der Waals surface area contributed by atoms with Crippen molar-refractivity contribution < 1.29 is 23.1 Å². The molecule has 7 heteroatoms. The van der Waals surface area contributed by atoms with Crippen molar-refractivity contribution in [3.63, 3.8) is 0 Å². The number of carbonyl (C=O) groups is 1. The van der Waals surface area contributed by atoms with Gasteiger partial charge in [-0.1, -0.05) is 18.2 Å². The van der Waals surface area contributed by atoms with Gasteiger partial charge in [0, 0.05) is 13.2 Å². The number of benzene rings is 2. The third-order valence-corrected chi connectivity index (χ3v) is 5.54. The summed E-state index contributed by atoms with van der Waals surface area (Å²) in [4.78, 5) is 11.4. The van der Waals surface area contributed by atoms with Crippen LogP contribution in [0, 0.1) is 0 Å². The molecule has 1 unspecified atom stereocenters. The number of sulfonamides is 1. The van der Waals surface area contributed by atoms with Gasteiger partial charge >= 0.3 is 5.97 Å². The number of ether oxygens (including phenoxy) is 1. The molecule has 2 aromatic rings. The number of carboxylic acid groups (broad SMARTS) is 1. The standard InChI is InChI=1S/C19H23NO5S/c1-12(2)20-26(23,24)18-10-16(9-17(11-18)19(21)22)15-7-5-6-14(8-15)13(3)25-4/h5-13,20H,1-4H3,(H,21,22). The second-order valence-corrected chi connectivity index (χ2v) is 8.04. The molecule has 0 amide bonds. The molecule has 2 aromatic carbocycles. The van der Waals surface area contributed by atoms with Crippen LogP contribution in [0.3, 0.4) is 0 Å². The monoisotopic (exact) mass is 377 g/mol. The van der Waals surface area contributed by atoms with Crippen LogP contribution >= 0.6 is 0 Å². The lowest BCUT2D eigenvalue weighted by atomic mass is 9.99. The summed E-state index contributed by atoms with van der Waals surface area (Å²) in [6.07, 6.45) is -0.136. The Balaban J connectivity index is 2.61. The van der Waals surface area contributed by atoms with Crippen LogP contribution in [-0.4, -0.2) is 32.6 Å². The molecular weight excluding hydrogens is 354 g/mol. The van der Waals surface area contributed by atoms with E-state index in [4.69, 9.17) is 4.74 Å². The van der Waals surface area contributed by atoms with E-state index in [2.05, 4.69) is 4.72 Å². The van der Waals surface area contributed by atoms with Gasteiger partial charge in [-0.25, -0.2) is 17.9 Å². The molecule has 2 rings (SSSR count). The molecule has 0 fully saturated rings. The van der Waals surface area contributed by atoms with Crippen molar-refractivity contribution in [2.45, 2.75) is 37.8 Å². The SMILES string of the molecule is COC(C)c1cccc(-c2cc(C(=O)O)cc(S(=O)(=O)NC(C)C)c2)c1. The fourth-order valence-electron chi connectivity index (χ4n) is 2.53. The van der Waals surface area contributed by atoms with Crippen molar-refractivity contribution in [3.05, 3.63) is 53.6 Å². The summed E-state index contributed by atoms with van der Waals surface area (Å²) in [5, 5.41) is 9.37. The predicted molar refractivity (Wildman–Crippen MR) is 99.7 cm³/mol. The Kier molecular flexibility index (Phi) is 6.17. The molecule has 0 radical (unpaired) electrons. The summed E-state index contributed by atoms with van der Waals surface area (Å²) >= 11 is 0. The fourth-order valence-corrected chi connectivity index (χ4v) is 3.85. The average molecular weight is 377 g/mol. The van der Waals surface area contributed by atoms with E-state index in [1.807, 2.05) is 25.1 Å². The maximum absolute atomic E-state index is 12.5. The highest BCUT2D eigenvalue weighted by Crippen LogP contribution is 2.28. The molecule has 0 saturated heterocycles. The maximum Gasteiger partial charge on any atom is 0.335 e. The number of hydrogen-bond acceptors (Lipinski definition) is 4. The van der Waals surface area contributed by atoms with Gasteiger partial charge in [0.15, 0.2) is 0 Å². The average Bonchev–Trinajstić information content (AvgIpc) is 2.59. The highest BCUT2D eigenvalue weighted by Gasteiger charge is 2.19. The van der Waals surface area contributed by atoms with Crippen LogP contribution < -0.4 is 4.72 Å². The zero-order valence-corrected chi connectivity index (χ0v) is 16.0. The van der Waals surface area contributed by atoms with Crippen LogP contribution in [0.1, 0.15) is 42.8 Å². The van der Waals surface area contributed by atoms with Gasteiger partial charge in [0.1, 0.15) is 0 Å². The molecule has 6 nitrogen and oxygen atoms in total. The van der Waals surface area contributed by atoms with Gasteiger partial charge < -0.3 is 9.84 Å². The van der Waals surface area contributed by atoms with E-state index < -0.39 is 16.0 Å². The van der Waals surface area contributed by atoms with Crippen LogP contribution in [-0.2, 0) is 14.8 Å². The number of methoxy groups -OCH3 is 1. The first-order chi connectivity index (χ1) is 12.1. The Morgan fingerprint density at radius 2 is 1.77 bits per heavy atom. The van der Waals surface area contributed by atoms with E-state index in [-0.39, 0.29) is 22.6 Å². The van der Waals surface area contributed by atoms with E-state index in [1.54, 1.807) is 27.0 Å². The number of nitrogens with one attached hydrogen (secondary N) is 1. The van der Waals surface area contributed by atoms with Gasteiger partial charge in [0.05, 0.1) is 16.6 Å². The molecule has 0 heterocycles. The first-order valence-corrected chi connectivity index (χ1v) is 9.66. The van der Waals surface area contributed by atoms with Crippen molar-refractivity contribution in [1.82, 2.24) is 4.72 Å². The highest BCUT2D eigenvalue weighted by atomic mass is 32.2. The third kappa shape index (κ3) is 4.69. The van der Waals surface area contributed by atoms with Gasteiger partial charge in [-0.05, 0) is 61.7 Å². The maximum atomic E-state index is 12.5. The molecule has 2 N–H and O–H groups in total. The van der Waals surface area contributed by atoms with Crippen LogP contribution in [0.15, 0.2) is 47.4 Å². The fraction of sp³-hybridized carbons (Fsp3) is 0.316. The van der Waals surface area contributed by atoms with E-state index in [0.29, 0.717) is 5.56 Å². The van der Waals surface area contributed by atoms with Crippen molar-refractivity contribution in [3.8, 4) is 11.1 Å². The number of rotatable bonds is 7. The Labute approximate surface area is 153 Å². The number of aromatic carboxylic acids is 1. The lowest BCUT2D eigenvalue weighted by Crippen LogP contribution is -2.30. The van der Waals surface area contributed by atoms with E-state index in [1.165, 1.54) is 12.1 Å². The molecule has 1 atom stereocenters. The molecule has 26 heavy (non-hydrogen) atoms. The summed E-state index contributed by atoms with van der Waals surface area (Å²) in [6.45, 7) is 5.31. The van der Waals surface area contributed by atoms with Gasteiger partial charge in [0.2, 0.25) is 10.0 Å². The summed E-state index contributed by atoms with van der Waals surface area (Å²) in [7, 11) is -2.21. The lowest BCUT2D eigenvalue weighted by molar-refractivity contribution is 0.0696. The predicted octanol–water partition coefficient (Wildman–Crippen LogP) is 3.45. The number of carboxylic acids is 1. The molecule has 0 saturated carbocycles. The van der Waals surface area contributed by atoms with Gasteiger partial charge in [-0.3, -0.25) is 0 Å². The molecule has 140 valence electrons. The minimum absolute atomic E-state index is 0.0775. The second-order valence-electron chi connectivity index (χ2n) is 6.33. The van der Waals surface area contributed by atoms with E-state index in [0.717, 1.165) is 17.2 Å². The topological polar surface area (TPSA) is 92.7 Å². The van der Waals surface area contributed by atoms with E-state index in [9.17, 15) is 18.3 Å². The Morgan fingerprint density at radius 3 is 2.35 bits per heavy atom. The first kappa shape index (κ1) is 20.1. The zero-order valence-electron chi connectivity index (χ0n) is 15.2. The molecule has 0 aliphatic heterocycles. The molecule has 0 bridgehead atoms. The highest BCUT2D eigenvalue weighted by molar-refractivity contribution is 7.89. The summed E-state index contributed by atoms with van der Waals surface area (Å²) in [6, 6.07) is 11.2. The minimum Gasteiger partial charge on any atom is -0.478 e. The third-order valence-electron chi connectivity index (χ3n) is 3.90. The minimum atomic E-state index is -3.82. The first-order valence-electron chi connectivity index (χ1n) is 8.18. The molecular formula is C19H23NO5S. The van der Waals surface area contributed by atoms with Crippen molar-refractivity contribution in [1.29, 1.82) is 0 Å². The smallest absolute Gasteiger partial charge is 0.335 e. The van der Waals surface area contributed by atoms with Crippen LogP contribution in [0.4, 0.5) is 0 Å². The largest absolute Gasteiger partial charge is 0.478 e. The van der Waals surface area contributed by atoms with Crippen LogP contribution in [0.5, 0.6) is 0 Å². The van der Waals surface area contributed by atoms with Crippen LogP contribution in [0.25, 0.3) is 11.1 Å². The summed E-state index contributed by atoms with van der Waals surface area (Å²) < 4.78 is 32.8. The van der Waals surface area contributed by atoms with E-state index >= 15 is 0 Å².